The molecule has 0 spiro atoms. The average Bonchev–Trinajstić information content (AvgIpc) is 2.43. The topological polar surface area (TPSA) is 101 Å². The van der Waals surface area contributed by atoms with Crippen molar-refractivity contribution in [3.63, 3.8) is 0 Å². The van der Waals surface area contributed by atoms with E-state index in [-0.39, 0.29) is 34.2 Å². The zero-order valence-electron chi connectivity index (χ0n) is 10.5. The summed E-state index contributed by atoms with van der Waals surface area (Å²) in [6.07, 6.45) is 5.19. The van der Waals surface area contributed by atoms with E-state index < -0.39 is 17.3 Å². The maximum Gasteiger partial charge on any atom is 0.269 e. The fourth-order valence-electron chi connectivity index (χ4n) is 2.06. The first-order valence-electron chi connectivity index (χ1n) is 5.94. The van der Waals surface area contributed by atoms with Crippen LogP contribution in [-0.2, 0) is 9.59 Å². The Balaban J connectivity index is 2.17. The fraction of sp³-hybridized carbons (Fsp3) is 0. The van der Waals surface area contributed by atoms with E-state index >= 15 is 0 Å². The molecule has 1 aromatic rings. The van der Waals surface area contributed by atoms with E-state index in [2.05, 4.69) is 0 Å². The fourth-order valence-corrected chi connectivity index (χ4v) is 2.06. The van der Waals surface area contributed by atoms with Crippen molar-refractivity contribution >= 4 is 17.3 Å². The number of fused-ring (bicyclic) bond motifs is 1. The highest BCUT2D eigenvalue weighted by Crippen LogP contribution is 2.38. The summed E-state index contributed by atoms with van der Waals surface area (Å²) in [5.41, 5.74) is -0.0246. The minimum absolute atomic E-state index is 0.113. The maximum absolute atomic E-state index is 12.0. The largest absolute Gasteiger partial charge is 0.508 e. The van der Waals surface area contributed by atoms with Crippen molar-refractivity contribution in [1.29, 1.82) is 0 Å². The van der Waals surface area contributed by atoms with E-state index in [1.165, 1.54) is 24.3 Å². The summed E-state index contributed by atoms with van der Waals surface area (Å²) < 4.78 is 5.33. The lowest BCUT2D eigenvalue weighted by Crippen LogP contribution is -2.27. The van der Waals surface area contributed by atoms with Gasteiger partial charge in [-0.15, -0.1) is 0 Å². The van der Waals surface area contributed by atoms with Crippen LogP contribution in [0.2, 0.25) is 0 Å². The summed E-state index contributed by atoms with van der Waals surface area (Å²) in [5.74, 6) is -3.31. The number of aromatic hydroxyl groups is 2. The number of hydrogen-bond donors (Lipinski definition) is 2. The SMILES string of the molecule is O=C1C=CC(=C2Oc3cc(O)cc(O)c3C(=O)C2=O)C=C1. The lowest BCUT2D eigenvalue weighted by molar-refractivity contribution is -0.114. The molecule has 0 fully saturated rings. The van der Waals surface area contributed by atoms with Crippen LogP contribution in [0.3, 0.4) is 0 Å². The van der Waals surface area contributed by atoms with Crippen LogP contribution < -0.4 is 4.74 Å². The third-order valence-electron chi connectivity index (χ3n) is 3.03. The number of rotatable bonds is 0. The van der Waals surface area contributed by atoms with E-state index in [0.717, 1.165) is 12.1 Å². The van der Waals surface area contributed by atoms with E-state index in [9.17, 15) is 24.6 Å². The molecule has 1 aromatic carbocycles. The third-order valence-corrected chi connectivity index (χ3v) is 3.03. The predicted molar refractivity (Wildman–Crippen MR) is 70.1 cm³/mol. The van der Waals surface area contributed by atoms with Gasteiger partial charge >= 0.3 is 0 Å². The van der Waals surface area contributed by atoms with Crippen molar-refractivity contribution in [2.45, 2.75) is 0 Å². The number of carbonyl (C=O) groups is 3. The van der Waals surface area contributed by atoms with E-state index in [4.69, 9.17) is 4.74 Å². The number of Topliss-reactive ketones (excluding diaryl/α,β-unsaturated/α-hetero) is 2. The van der Waals surface area contributed by atoms with E-state index in [1.807, 2.05) is 0 Å². The van der Waals surface area contributed by atoms with Gasteiger partial charge < -0.3 is 14.9 Å². The van der Waals surface area contributed by atoms with Crippen LogP contribution in [0.15, 0.2) is 47.8 Å². The molecule has 2 N–H and O–H groups in total. The summed E-state index contributed by atoms with van der Waals surface area (Å²) in [6, 6.07) is 2.08. The van der Waals surface area contributed by atoms with Crippen LogP contribution in [0.1, 0.15) is 10.4 Å². The normalized spacial score (nSPS) is 17.0. The smallest absolute Gasteiger partial charge is 0.269 e. The second-order valence-corrected chi connectivity index (χ2v) is 4.45. The monoisotopic (exact) mass is 284 g/mol. The van der Waals surface area contributed by atoms with Crippen LogP contribution >= 0.6 is 0 Å². The molecular formula is C15H8O6. The molecule has 21 heavy (non-hydrogen) atoms. The van der Waals surface area contributed by atoms with Crippen molar-refractivity contribution in [1.82, 2.24) is 0 Å². The molecular weight excluding hydrogens is 276 g/mol. The first kappa shape index (κ1) is 12.9. The van der Waals surface area contributed by atoms with Gasteiger partial charge in [0.2, 0.25) is 5.78 Å². The Kier molecular flexibility index (Phi) is 2.72. The summed E-state index contributed by atoms with van der Waals surface area (Å²) in [6.45, 7) is 0. The number of ether oxygens (including phenoxy) is 1. The molecule has 1 aliphatic heterocycles. The third kappa shape index (κ3) is 2.02. The molecule has 1 heterocycles. The van der Waals surface area contributed by atoms with Crippen LogP contribution in [-0.4, -0.2) is 27.6 Å². The molecule has 0 aromatic heterocycles. The van der Waals surface area contributed by atoms with Crippen molar-refractivity contribution in [3.05, 3.63) is 53.3 Å². The molecule has 0 unspecified atom stereocenters. The van der Waals surface area contributed by atoms with E-state index in [0.29, 0.717) is 0 Å². The summed E-state index contributed by atoms with van der Waals surface area (Å²) in [7, 11) is 0. The first-order chi connectivity index (χ1) is 9.97. The Bertz CT molecular complexity index is 777. The van der Waals surface area contributed by atoms with Gasteiger partial charge in [-0.05, 0) is 24.3 Å². The van der Waals surface area contributed by atoms with Crippen molar-refractivity contribution in [3.8, 4) is 17.2 Å². The van der Waals surface area contributed by atoms with Gasteiger partial charge in [0.15, 0.2) is 11.5 Å². The molecule has 0 bridgehead atoms. The minimum Gasteiger partial charge on any atom is -0.508 e. The summed E-state index contributed by atoms with van der Waals surface area (Å²) in [5, 5.41) is 19.1. The van der Waals surface area contributed by atoms with Gasteiger partial charge in [-0.2, -0.15) is 0 Å². The van der Waals surface area contributed by atoms with Gasteiger partial charge in [0.05, 0.1) is 0 Å². The number of ketones is 3. The standard InChI is InChI=1S/C15H8O6/c16-8-3-1-7(2-4-8)15-14(20)13(19)12-10(18)5-9(17)6-11(12)21-15/h1-6,17-18H. The van der Waals surface area contributed by atoms with Gasteiger partial charge in [0, 0.05) is 17.7 Å². The number of hydrogen-bond acceptors (Lipinski definition) is 6. The molecule has 0 saturated heterocycles. The number of benzene rings is 1. The Morgan fingerprint density at radius 2 is 1.52 bits per heavy atom. The van der Waals surface area contributed by atoms with Gasteiger partial charge in [-0.25, -0.2) is 0 Å². The molecule has 2 aliphatic rings. The number of phenolic OH excluding ortho intramolecular Hbond substituents is 2. The number of carbonyl (C=O) groups excluding carboxylic acids is 3. The summed E-state index contributed by atoms with van der Waals surface area (Å²) >= 11 is 0. The molecule has 6 heteroatoms. The minimum atomic E-state index is -0.935. The second-order valence-electron chi connectivity index (χ2n) is 4.45. The molecule has 0 radical (unpaired) electrons. The summed E-state index contributed by atoms with van der Waals surface area (Å²) in [4.78, 5) is 35.2. The Morgan fingerprint density at radius 3 is 2.19 bits per heavy atom. The highest BCUT2D eigenvalue weighted by molar-refractivity contribution is 6.51. The lowest BCUT2D eigenvalue weighted by atomic mass is 9.97. The molecule has 6 nitrogen and oxygen atoms in total. The highest BCUT2D eigenvalue weighted by Gasteiger charge is 2.35. The van der Waals surface area contributed by atoms with Crippen molar-refractivity contribution in [2.75, 3.05) is 0 Å². The zero-order chi connectivity index (χ0) is 15.1. The lowest BCUT2D eigenvalue weighted by Gasteiger charge is -2.20. The molecule has 3 rings (SSSR count). The molecule has 0 saturated carbocycles. The van der Waals surface area contributed by atoms with Crippen LogP contribution in [0.4, 0.5) is 0 Å². The predicted octanol–water partition coefficient (Wildman–Crippen LogP) is 1.19. The second kappa shape index (κ2) is 4.45. The van der Waals surface area contributed by atoms with Gasteiger partial charge in [-0.3, -0.25) is 14.4 Å². The van der Waals surface area contributed by atoms with Crippen LogP contribution in [0.5, 0.6) is 17.2 Å². The number of allylic oxidation sites excluding steroid dienone is 6. The van der Waals surface area contributed by atoms with Crippen LogP contribution in [0.25, 0.3) is 0 Å². The Labute approximate surface area is 118 Å². The van der Waals surface area contributed by atoms with Gasteiger partial charge in [-0.1, -0.05) is 0 Å². The molecule has 0 atom stereocenters. The number of phenols is 2. The van der Waals surface area contributed by atoms with Crippen molar-refractivity contribution < 1.29 is 29.3 Å². The highest BCUT2D eigenvalue weighted by atomic mass is 16.5. The molecule has 104 valence electrons. The quantitative estimate of drug-likeness (QED) is 0.548. The van der Waals surface area contributed by atoms with Gasteiger partial charge in [0.25, 0.3) is 5.78 Å². The maximum atomic E-state index is 12.0. The Morgan fingerprint density at radius 1 is 0.857 bits per heavy atom. The van der Waals surface area contributed by atoms with Crippen LogP contribution in [0, 0.1) is 0 Å². The van der Waals surface area contributed by atoms with E-state index in [1.54, 1.807) is 0 Å². The first-order valence-corrected chi connectivity index (χ1v) is 5.94. The Hall–Kier alpha value is -3.15. The zero-order valence-corrected chi connectivity index (χ0v) is 10.5. The molecule has 1 aliphatic carbocycles. The average molecular weight is 284 g/mol. The van der Waals surface area contributed by atoms with Gasteiger partial charge in [0.1, 0.15) is 22.8 Å². The molecule has 0 amide bonds. The van der Waals surface area contributed by atoms with Crippen molar-refractivity contribution in [2.24, 2.45) is 0 Å².